The quantitative estimate of drug-likeness (QED) is 0.815. The fourth-order valence-corrected chi connectivity index (χ4v) is 3.35. The summed E-state index contributed by atoms with van der Waals surface area (Å²) < 4.78 is 13.7. The molecule has 0 aliphatic heterocycles. The fourth-order valence-electron chi connectivity index (χ4n) is 3.35. The minimum absolute atomic E-state index is 0.0399. The molecular formula is C19H20FN3. The van der Waals surface area contributed by atoms with E-state index in [1.807, 2.05) is 18.5 Å². The third-order valence-electron chi connectivity index (χ3n) is 4.92. The van der Waals surface area contributed by atoms with Crippen molar-refractivity contribution in [1.82, 2.24) is 9.97 Å². The zero-order valence-electron chi connectivity index (χ0n) is 13.3. The summed E-state index contributed by atoms with van der Waals surface area (Å²) in [7, 11) is 0. The van der Waals surface area contributed by atoms with Gasteiger partial charge in [0.05, 0.1) is 5.56 Å². The lowest BCUT2D eigenvalue weighted by molar-refractivity contribution is 0.318. The lowest BCUT2D eigenvalue weighted by Crippen LogP contribution is -2.13. The van der Waals surface area contributed by atoms with Crippen molar-refractivity contribution in [3.8, 4) is 17.5 Å². The SMILES string of the molecule is CCC1CCC(c2cnc(-c3ccc(C#N)c(F)c3)nc2)CC1. The van der Waals surface area contributed by atoms with Gasteiger partial charge in [0.1, 0.15) is 11.9 Å². The number of benzene rings is 1. The van der Waals surface area contributed by atoms with Gasteiger partial charge in [-0.05, 0) is 61.3 Å². The van der Waals surface area contributed by atoms with E-state index in [9.17, 15) is 4.39 Å². The highest BCUT2D eigenvalue weighted by Crippen LogP contribution is 2.36. The van der Waals surface area contributed by atoms with Crippen molar-refractivity contribution < 1.29 is 4.39 Å². The van der Waals surface area contributed by atoms with Crippen LogP contribution in [0.15, 0.2) is 30.6 Å². The van der Waals surface area contributed by atoms with Crippen molar-refractivity contribution in [1.29, 1.82) is 5.26 Å². The summed E-state index contributed by atoms with van der Waals surface area (Å²) in [6.45, 7) is 2.26. The standard InChI is InChI=1S/C19H20FN3/c1-2-13-3-5-14(6-4-13)17-11-22-19(23-12-17)15-7-8-16(10-21)18(20)9-15/h7-9,11-14H,2-6H2,1H3. The summed E-state index contributed by atoms with van der Waals surface area (Å²) in [5.74, 6) is 1.38. The number of hydrogen-bond donors (Lipinski definition) is 0. The molecule has 118 valence electrons. The Hall–Kier alpha value is -2.28. The molecule has 0 atom stereocenters. The van der Waals surface area contributed by atoms with Gasteiger partial charge in [-0.15, -0.1) is 0 Å². The van der Waals surface area contributed by atoms with Gasteiger partial charge < -0.3 is 0 Å². The van der Waals surface area contributed by atoms with Crippen LogP contribution in [0.1, 0.15) is 56.1 Å². The Morgan fingerprint density at radius 3 is 2.43 bits per heavy atom. The smallest absolute Gasteiger partial charge is 0.159 e. The Morgan fingerprint density at radius 1 is 1.17 bits per heavy atom. The number of nitriles is 1. The number of rotatable bonds is 3. The summed E-state index contributed by atoms with van der Waals surface area (Å²) in [6, 6.07) is 6.29. The molecule has 0 N–H and O–H groups in total. The Labute approximate surface area is 136 Å². The van der Waals surface area contributed by atoms with Gasteiger partial charge in [0, 0.05) is 18.0 Å². The second-order valence-electron chi connectivity index (χ2n) is 6.27. The van der Waals surface area contributed by atoms with Gasteiger partial charge in [0.2, 0.25) is 0 Å². The van der Waals surface area contributed by atoms with E-state index in [0.29, 0.717) is 17.3 Å². The molecule has 0 radical (unpaired) electrons. The van der Waals surface area contributed by atoms with E-state index in [0.717, 1.165) is 5.92 Å². The Balaban J connectivity index is 1.75. The van der Waals surface area contributed by atoms with E-state index in [1.54, 1.807) is 6.07 Å². The summed E-state index contributed by atoms with van der Waals surface area (Å²) in [6.07, 6.45) is 9.98. The van der Waals surface area contributed by atoms with Gasteiger partial charge in [-0.25, -0.2) is 14.4 Å². The number of halogens is 1. The summed E-state index contributed by atoms with van der Waals surface area (Å²) in [5, 5.41) is 8.78. The summed E-state index contributed by atoms with van der Waals surface area (Å²) >= 11 is 0. The molecule has 0 spiro atoms. The molecule has 3 nitrogen and oxygen atoms in total. The predicted octanol–water partition coefficient (Wildman–Crippen LogP) is 4.84. The maximum Gasteiger partial charge on any atom is 0.159 e. The van der Waals surface area contributed by atoms with Gasteiger partial charge in [-0.2, -0.15) is 5.26 Å². The van der Waals surface area contributed by atoms with Crippen molar-refractivity contribution in [2.24, 2.45) is 5.92 Å². The Kier molecular flexibility index (Phi) is 4.66. The van der Waals surface area contributed by atoms with Gasteiger partial charge in [-0.1, -0.05) is 13.3 Å². The van der Waals surface area contributed by atoms with E-state index in [1.165, 1.54) is 49.8 Å². The van der Waals surface area contributed by atoms with Crippen LogP contribution in [0.25, 0.3) is 11.4 Å². The van der Waals surface area contributed by atoms with E-state index >= 15 is 0 Å². The average Bonchev–Trinajstić information content (AvgIpc) is 2.62. The van der Waals surface area contributed by atoms with E-state index in [-0.39, 0.29) is 5.56 Å². The normalized spacial score (nSPS) is 20.9. The molecule has 0 bridgehead atoms. The maximum atomic E-state index is 13.7. The Bertz CT molecular complexity index is 710. The molecule has 2 aromatic rings. The molecule has 1 aliphatic rings. The third-order valence-corrected chi connectivity index (χ3v) is 4.92. The monoisotopic (exact) mass is 309 g/mol. The second kappa shape index (κ2) is 6.87. The van der Waals surface area contributed by atoms with Gasteiger partial charge >= 0.3 is 0 Å². The first-order valence-electron chi connectivity index (χ1n) is 8.23. The largest absolute Gasteiger partial charge is 0.236 e. The number of aromatic nitrogens is 2. The molecule has 1 saturated carbocycles. The first-order chi connectivity index (χ1) is 11.2. The molecule has 3 rings (SSSR count). The molecule has 0 amide bonds. The fraction of sp³-hybridized carbons (Fsp3) is 0.421. The predicted molar refractivity (Wildman–Crippen MR) is 87.1 cm³/mol. The van der Waals surface area contributed by atoms with Crippen LogP contribution in [0, 0.1) is 23.1 Å². The molecule has 0 unspecified atom stereocenters. The number of nitrogens with zero attached hydrogens (tertiary/aromatic N) is 3. The lowest BCUT2D eigenvalue weighted by Gasteiger charge is -2.27. The van der Waals surface area contributed by atoms with Gasteiger partial charge in [0.25, 0.3) is 0 Å². The zero-order valence-corrected chi connectivity index (χ0v) is 13.3. The van der Waals surface area contributed by atoms with Crippen molar-refractivity contribution >= 4 is 0 Å². The second-order valence-corrected chi connectivity index (χ2v) is 6.27. The first kappa shape index (κ1) is 15.6. The van der Waals surface area contributed by atoms with Crippen LogP contribution in [0.4, 0.5) is 4.39 Å². The molecule has 1 fully saturated rings. The molecule has 1 aliphatic carbocycles. The highest BCUT2D eigenvalue weighted by atomic mass is 19.1. The molecule has 1 aromatic carbocycles. The Morgan fingerprint density at radius 2 is 1.87 bits per heavy atom. The maximum absolute atomic E-state index is 13.7. The molecule has 23 heavy (non-hydrogen) atoms. The van der Waals surface area contributed by atoms with Crippen LogP contribution in [0.2, 0.25) is 0 Å². The van der Waals surface area contributed by atoms with Crippen molar-refractivity contribution in [2.75, 3.05) is 0 Å². The highest BCUT2D eigenvalue weighted by Gasteiger charge is 2.21. The number of hydrogen-bond acceptors (Lipinski definition) is 3. The van der Waals surface area contributed by atoms with Crippen LogP contribution >= 0.6 is 0 Å². The van der Waals surface area contributed by atoms with Crippen LogP contribution in [0.5, 0.6) is 0 Å². The van der Waals surface area contributed by atoms with Crippen molar-refractivity contribution in [2.45, 2.75) is 44.9 Å². The zero-order chi connectivity index (χ0) is 16.2. The summed E-state index contributed by atoms with van der Waals surface area (Å²) in [4.78, 5) is 8.80. The topological polar surface area (TPSA) is 49.6 Å². The third kappa shape index (κ3) is 3.39. The van der Waals surface area contributed by atoms with E-state index < -0.39 is 5.82 Å². The summed E-state index contributed by atoms with van der Waals surface area (Å²) in [5.41, 5.74) is 1.82. The minimum Gasteiger partial charge on any atom is -0.236 e. The van der Waals surface area contributed by atoms with Crippen LogP contribution in [-0.2, 0) is 0 Å². The van der Waals surface area contributed by atoms with Gasteiger partial charge in [0.15, 0.2) is 5.82 Å². The first-order valence-corrected chi connectivity index (χ1v) is 8.23. The van der Waals surface area contributed by atoms with Crippen LogP contribution in [0.3, 0.4) is 0 Å². The molecule has 1 aromatic heterocycles. The van der Waals surface area contributed by atoms with E-state index in [4.69, 9.17) is 5.26 Å². The molecular weight excluding hydrogens is 289 g/mol. The van der Waals surface area contributed by atoms with Crippen molar-refractivity contribution in [3.05, 3.63) is 47.5 Å². The minimum atomic E-state index is -0.532. The van der Waals surface area contributed by atoms with E-state index in [2.05, 4.69) is 16.9 Å². The lowest BCUT2D eigenvalue weighted by atomic mass is 9.78. The average molecular weight is 309 g/mol. The van der Waals surface area contributed by atoms with Crippen molar-refractivity contribution in [3.63, 3.8) is 0 Å². The van der Waals surface area contributed by atoms with Crippen LogP contribution < -0.4 is 0 Å². The molecule has 0 saturated heterocycles. The molecule has 4 heteroatoms. The van der Waals surface area contributed by atoms with Crippen LogP contribution in [-0.4, -0.2) is 9.97 Å². The van der Waals surface area contributed by atoms with Gasteiger partial charge in [-0.3, -0.25) is 0 Å². The molecule has 1 heterocycles. The highest BCUT2D eigenvalue weighted by molar-refractivity contribution is 5.56.